The van der Waals surface area contributed by atoms with Crippen LogP contribution in [0.1, 0.15) is 27.9 Å². The SMILES string of the molecule is CCOC(=O)c1cccc(C(=O)Nc2ccc(S(N)(=O)=O)cc2)n1. The van der Waals surface area contributed by atoms with E-state index in [-0.39, 0.29) is 22.9 Å². The van der Waals surface area contributed by atoms with Crippen molar-refractivity contribution in [3.05, 3.63) is 53.9 Å². The maximum atomic E-state index is 12.2. The second-order valence-electron chi connectivity index (χ2n) is 4.65. The van der Waals surface area contributed by atoms with E-state index in [1.807, 2.05) is 0 Å². The number of hydrogen-bond acceptors (Lipinski definition) is 6. The molecule has 0 aliphatic rings. The maximum Gasteiger partial charge on any atom is 0.356 e. The molecule has 0 atom stereocenters. The van der Waals surface area contributed by atoms with Crippen LogP contribution in [0.3, 0.4) is 0 Å². The standard InChI is InChI=1S/C15H15N3O5S/c1-2-23-15(20)13-5-3-4-12(18-13)14(19)17-10-6-8-11(9-7-10)24(16,21)22/h3-9H,2H2,1H3,(H,17,19)(H2,16,21,22). The van der Waals surface area contributed by atoms with E-state index in [9.17, 15) is 18.0 Å². The molecule has 0 bridgehead atoms. The number of anilines is 1. The van der Waals surface area contributed by atoms with Crippen molar-refractivity contribution < 1.29 is 22.7 Å². The van der Waals surface area contributed by atoms with Gasteiger partial charge in [-0.25, -0.2) is 23.3 Å². The number of benzene rings is 1. The van der Waals surface area contributed by atoms with Crippen LogP contribution in [-0.4, -0.2) is 31.9 Å². The average Bonchev–Trinajstić information content (AvgIpc) is 2.55. The summed E-state index contributed by atoms with van der Waals surface area (Å²) in [6.07, 6.45) is 0. The van der Waals surface area contributed by atoms with Gasteiger partial charge in [0.1, 0.15) is 11.4 Å². The van der Waals surface area contributed by atoms with Gasteiger partial charge in [-0.15, -0.1) is 0 Å². The lowest BCUT2D eigenvalue weighted by Crippen LogP contribution is -2.16. The molecule has 2 aromatic rings. The summed E-state index contributed by atoms with van der Waals surface area (Å²) in [6, 6.07) is 9.73. The molecule has 0 fully saturated rings. The van der Waals surface area contributed by atoms with Crippen molar-refractivity contribution in [3.63, 3.8) is 0 Å². The zero-order valence-corrected chi connectivity index (χ0v) is 13.5. The van der Waals surface area contributed by atoms with Crippen molar-refractivity contribution >= 4 is 27.6 Å². The summed E-state index contributed by atoms with van der Waals surface area (Å²) in [5, 5.41) is 7.55. The molecule has 1 aromatic heterocycles. The molecule has 2 rings (SSSR count). The predicted molar refractivity (Wildman–Crippen MR) is 86.0 cm³/mol. The van der Waals surface area contributed by atoms with E-state index in [0.29, 0.717) is 5.69 Å². The Morgan fingerprint density at radius 2 is 1.75 bits per heavy atom. The van der Waals surface area contributed by atoms with E-state index in [1.54, 1.807) is 6.92 Å². The van der Waals surface area contributed by atoms with E-state index in [2.05, 4.69) is 10.3 Å². The molecule has 3 N–H and O–H groups in total. The van der Waals surface area contributed by atoms with Gasteiger partial charge in [-0.2, -0.15) is 0 Å². The highest BCUT2D eigenvalue weighted by molar-refractivity contribution is 7.89. The Balaban J connectivity index is 2.15. The van der Waals surface area contributed by atoms with Crippen LogP contribution in [0, 0.1) is 0 Å². The number of aromatic nitrogens is 1. The number of rotatable bonds is 5. The van der Waals surface area contributed by atoms with Gasteiger partial charge >= 0.3 is 5.97 Å². The number of carbonyl (C=O) groups is 2. The lowest BCUT2D eigenvalue weighted by Gasteiger charge is -2.07. The zero-order chi connectivity index (χ0) is 17.7. The first-order chi connectivity index (χ1) is 11.3. The fourth-order valence-electron chi connectivity index (χ4n) is 1.80. The van der Waals surface area contributed by atoms with Gasteiger partial charge < -0.3 is 10.1 Å². The lowest BCUT2D eigenvalue weighted by atomic mass is 10.2. The van der Waals surface area contributed by atoms with Gasteiger partial charge in [-0.3, -0.25) is 4.79 Å². The van der Waals surface area contributed by atoms with Crippen LogP contribution in [0.5, 0.6) is 0 Å². The fraction of sp³-hybridized carbons (Fsp3) is 0.133. The maximum absolute atomic E-state index is 12.2. The van der Waals surface area contributed by atoms with Crippen molar-refractivity contribution in [2.45, 2.75) is 11.8 Å². The molecule has 0 saturated carbocycles. The average molecular weight is 349 g/mol. The largest absolute Gasteiger partial charge is 0.461 e. The topological polar surface area (TPSA) is 128 Å². The molecule has 126 valence electrons. The number of nitrogens with one attached hydrogen (secondary N) is 1. The second kappa shape index (κ2) is 7.20. The third-order valence-electron chi connectivity index (χ3n) is 2.91. The van der Waals surface area contributed by atoms with E-state index >= 15 is 0 Å². The van der Waals surface area contributed by atoms with Crippen LogP contribution in [0.4, 0.5) is 5.69 Å². The molecule has 24 heavy (non-hydrogen) atoms. The van der Waals surface area contributed by atoms with Gasteiger partial charge in [0, 0.05) is 5.69 Å². The molecule has 0 aliphatic heterocycles. The highest BCUT2D eigenvalue weighted by Crippen LogP contribution is 2.13. The number of amides is 1. The van der Waals surface area contributed by atoms with Gasteiger partial charge in [-0.05, 0) is 43.3 Å². The summed E-state index contributed by atoms with van der Waals surface area (Å²) in [7, 11) is -3.80. The minimum Gasteiger partial charge on any atom is -0.461 e. The Bertz CT molecular complexity index is 863. The minimum atomic E-state index is -3.80. The van der Waals surface area contributed by atoms with Gasteiger partial charge in [0.05, 0.1) is 11.5 Å². The first-order valence-electron chi connectivity index (χ1n) is 6.89. The smallest absolute Gasteiger partial charge is 0.356 e. The molecule has 0 saturated heterocycles. The molecular weight excluding hydrogens is 334 g/mol. The summed E-state index contributed by atoms with van der Waals surface area (Å²) >= 11 is 0. The van der Waals surface area contributed by atoms with Gasteiger partial charge in [-0.1, -0.05) is 6.07 Å². The third-order valence-corrected chi connectivity index (χ3v) is 3.84. The molecule has 8 nitrogen and oxygen atoms in total. The number of nitrogens with two attached hydrogens (primary N) is 1. The highest BCUT2D eigenvalue weighted by Gasteiger charge is 2.14. The molecule has 1 heterocycles. The Kier molecular flexibility index (Phi) is 5.27. The summed E-state index contributed by atoms with van der Waals surface area (Å²) in [5.41, 5.74) is 0.404. The zero-order valence-electron chi connectivity index (χ0n) is 12.7. The van der Waals surface area contributed by atoms with Crippen LogP contribution in [0.25, 0.3) is 0 Å². The first kappa shape index (κ1) is 17.6. The summed E-state index contributed by atoms with van der Waals surface area (Å²) in [5.74, 6) is -1.17. The van der Waals surface area contributed by atoms with Crippen LogP contribution in [0.2, 0.25) is 0 Å². The molecule has 0 radical (unpaired) electrons. The van der Waals surface area contributed by atoms with Crippen molar-refractivity contribution in [2.24, 2.45) is 5.14 Å². The molecular formula is C15H15N3O5S. The van der Waals surface area contributed by atoms with Crippen LogP contribution in [-0.2, 0) is 14.8 Å². The quantitative estimate of drug-likeness (QED) is 0.779. The summed E-state index contributed by atoms with van der Waals surface area (Å²) in [6.45, 7) is 1.87. The van der Waals surface area contributed by atoms with E-state index in [4.69, 9.17) is 9.88 Å². The van der Waals surface area contributed by atoms with E-state index in [0.717, 1.165) is 0 Å². The number of ether oxygens (including phenoxy) is 1. The Morgan fingerprint density at radius 3 is 2.33 bits per heavy atom. The molecule has 1 aromatic carbocycles. The van der Waals surface area contributed by atoms with Crippen LogP contribution >= 0.6 is 0 Å². The third kappa shape index (κ3) is 4.37. The number of pyridine rings is 1. The fourth-order valence-corrected chi connectivity index (χ4v) is 2.32. The van der Waals surface area contributed by atoms with Crippen molar-refractivity contribution in [2.75, 3.05) is 11.9 Å². The van der Waals surface area contributed by atoms with E-state index < -0.39 is 21.9 Å². The number of nitrogens with zero attached hydrogens (tertiary/aromatic N) is 1. The molecule has 9 heteroatoms. The predicted octanol–water partition coefficient (Wildman–Crippen LogP) is 1.16. The normalized spacial score (nSPS) is 10.9. The monoisotopic (exact) mass is 349 g/mol. The van der Waals surface area contributed by atoms with Crippen molar-refractivity contribution in [3.8, 4) is 0 Å². The molecule has 1 amide bonds. The van der Waals surface area contributed by atoms with E-state index in [1.165, 1.54) is 42.5 Å². The van der Waals surface area contributed by atoms with Crippen LogP contribution in [0.15, 0.2) is 47.4 Å². The number of sulfonamides is 1. The summed E-state index contributed by atoms with van der Waals surface area (Å²) < 4.78 is 27.2. The molecule has 0 aliphatic carbocycles. The number of esters is 1. The molecule has 0 unspecified atom stereocenters. The Labute approximate surface area is 138 Å². The highest BCUT2D eigenvalue weighted by atomic mass is 32.2. The van der Waals surface area contributed by atoms with Crippen molar-refractivity contribution in [1.82, 2.24) is 4.98 Å². The second-order valence-corrected chi connectivity index (χ2v) is 6.21. The Morgan fingerprint density at radius 1 is 1.12 bits per heavy atom. The summed E-state index contributed by atoms with van der Waals surface area (Å²) in [4.78, 5) is 27.7. The number of carbonyl (C=O) groups excluding carboxylic acids is 2. The number of hydrogen-bond donors (Lipinski definition) is 2. The van der Waals surface area contributed by atoms with Gasteiger partial charge in [0.15, 0.2) is 0 Å². The first-order valence-corrected chi connectivity index (χ1v) is 8.44. The van der Waals surface area contributed by atoms with Crippen LogP contribution < -0.4 is 10.5 Å². The molecule has 0 spiro atoms. The van der Waals surface area contributed by atoms with Gasteiger partial charge in [0.25, 0.3) is 5.91 Å². The Hall–Kier alpha value is -2.78. The van der Waals surface area contributed by atoms with Gasteiger partial charge in [0.2, 0.25) is 10.0 Å². The lowest BCUT2D eigenvalue weighted by molar-refractivity contribution is 0.0519. The minimum absolute atomic E-state index is 0.0223. The number of primary sulfonamides is 1. The van der Waals surface area contributed by atoms with Crippen molar-refractivity contribution in [1.29, 1.82) is 0 Å².